The second-order valence-electron chi connectivity index (χ2n) is 2.87. The topological polar surface area (TPSA) is 41.5 Å². The highest BCUT2D eigenvalue weighted by Gasteiger charge is 1.95. The van der Waals surface area contributed by atoms with E-state index in [2.05, 4.69) is 12.1 Å². The molecule has 1 aromatic rings. The molecule has 14 heavy (non-hydrogen) atoms. The van der Waals surface area contributed by atoms with Gasteiger partial charge in [-0.3, -0.25) is 10.3 Å². The van der Waals surface area contributed by atoms with Gasteiger partial charge >= 0.3 is 0 Å². The van der Waals surface area contributed by atoms with Gasteiger partial charge in [0.25, 0.3) is 0 Å². The van der Waals surface area contributed by atoms with E-state index in [-0.39, 0.29) is 6.61 Å². The molecule has 0 saturated carbocycles. The van der Waals surface area contributed by atoms with Gasteiger partial charge in [0.15, 0.2) is 0 Å². The van der Waals surface area contributed by atoms with Gasteiger partial charge in [-0.15, -0.1) is 0 Å². The molecule has 0 saturated heterocycles. The Morgan fingerprint density at radius 2 is 2.07 bits per heavy atom. The van der Waals surface area contributed by atoms with Crippen molar-refractivity contribution < 1.29 is 9.94 Å². The Morgan fingerprint density at radius 1 is 1.36 bits per heavy atom. The van der Waals surface area contributed by atoms with Crippen LogP contribution in [0.25, 0.3) is 5.70 Å². The quantitative estimate of drug-likeness (QED) is 0.532. The summed E-state index contributed by atoms with van der Waals surface area (Å²) >= 11 is 0. The van der Waals surface area contributed by atoms with Crippen LogP contribution in [0.4, 0.5) is 0 Å². The van der Waals surface area contributed by atoms with Gasteiger partial charge in [0.05, 0.1) is 12.3 Å². The summed E-state index contributed by atoms with van der Waals surface area (Å²) in [6, 6.07) is 9.73. The Kier molecular flexibility index (Phi) is 4.75. The minimum Gasteiger partial charge on any atom is -0.396 e. The minimum atomic E-state index is 0.138. The fourth-order valence-corrected chi connectivity index (χ4v) is 0.973. The Hall–Kier alpha value is -1.32. The van der Waals surface area contributed by atoms with Gasteiger partial charge in [-0.25, -0.2) is 0 Å². The summed E-state index contributed by atoms with van der Waals surface area (Å²) in [5, 5.41) is 8.52. The van der Waals surface area contributed by atoms with Crippen molar-refractivity contribution in [1.82, 2.24) is 5.48 Å². The SMILES string of the molecule is C=C(NOCCCO)c1ccccc1. The summed E-state index contributed by atoms with van der Waals surface area (Å²) in [6.45, 7) is 4.44. The average Bonchev–Trinajstić information content (AvgIpc) is 2.25. The molecule has 0 aliphatic rings. The molecule has 0 bridgehead atoms. The zero-order valence-corrected chi connectivity index (χ0v) is 8.07. The number of rotatable bonds is 6. The average molecular weight is 193 g/mol. The number of nitrogens with one attached hydrogen (secondary N) is 1. The molecule has 0 fully saturated rings. The molecule has 0 radical (unpaired) electrons. The van der Waals surface area contributed by atoms with Gasteiger partial charge < -0.3 is 5.11 Å². The molecule has 0 spiro atoms. The fraction of sp³-hybridized carbons (Fsp3) is 0.273. The van der Waals surface area contributed by atoms with Crippen LogP contribution in [0.5, 0.6) is 0 Å². The zero-order chi connectivity index (χ0) is 10.2. The van der Waals surface area contributed by atoms with E-state index in [4.69, 9.17) is 9.94 Å². The van der Waals surface area contributed by atoms with Gasteiger partial charge in [-0.1, -0.05) is 36.9 Å². The summed E-state index contributed by atoms with van der Waals surface area (Å²) in [7, 11) is 0. The standard InChI is InChI=1S/C11H15NO2/c1-10(12-14-9-5-8-13)11-6-3-2-4-7-11/h2-4,6-7,12-13H,1,5,8-9H2. The number of hydrogen-bond acceptors (Lipinski definition) is 3. The summed E-state index contributed by atoms with van der Waals surface area (Å²) in [5.41, 5.74) is 4.45. The summed E-state index contributed by atoms with van der Waals surface area (Å²) < 4.78 is 0. The van der Waals surface area contributed by atoms with Crippen LogP contribution in [0.1, 0.15) is 12.0 Å². The third-order valence-electron chi connectivity index (χ3n) is 1.72. The third-order valence-corrected chi connectivity index (χ3v) is 1.72. The van der Waals surface area contributed by atoms with Crippen LogP contribution in [-0.2, 0) is 4.84 Å². The number of hydroxylamine groups is 1. The second kappa shape index (κ2) is 6.18. The van der Waals surface area contributed by atoms with Crippen LogP contribution in [0.3, 0.4) is 0 Å². The molecular formula is C11H15NO2. The van der Waals surface area contributed by atoms with Crippen molar-refractivity contribution >= 4 is 5.70 Å². The number of aliphatic hydroxyl groups is 1. The molecule has 0 heterocycles. The normalized spacial score (nSPS) is 9.79. The predicted molar refractivity (Wildman–Crippen MR) is 56.3 cm³/mol. The highest BCUT2D eigenvalue weighted by Crippen LogP contribution is 2.07. The maximum Gasteiger partial charge on any atom is 0.0767 e. The van der Waals surface area contributed by atoms with Gasteiger partial charge in [-0.2, -0.15) is 0 Å². The largest absolute Gasteiger partial charge is 0.396 e. The first kappa shape index (κ1) is 10.8. The van der Waals surface area contributed by atoms with Crippen LogP contribution in [0.2, 0.25) is 0 Å². The van der Waals surface area contributed by atoms with Crippen molar-refractivity contribution in [2.45, 2.75) is 6.42 Å². The number of hydrogen-bond donors (Lipinski definition) is 2. The first-order chi connectivity index (χ1) is 6.84. The number of benzene rings is 1. The molecule has 0 aromatic heterocycles. The minimum absolute atomic E-state index is 0.138. The highest BCUT2D eigenvalue weighted by atomic mass is 16.6. The lowest BCUT2D eigenvalue weighted by atomic mass is 10.2. The van der Waals surface area contributed by atoms with Crippen molar-refractivity contribution in [3.05, 3.63) is 42.5 Å². The molecule has 3 heteroatoms. The predicted octanol–water partition coefficient (Wildman–Crippen LogP) is 1.56. The van der Waals surface area contributed by atoms with E-state index in [1.54, 1.807) is 0 Å². The summed E-state index contributed by atoms with van der Waals surface area (Å²) in [5.74, 6) is 0. The maximum absolute atomic E-state index is 8.52. The van der Waals surface area contributed by atoms with E-state index >= 15 is 0 Å². The van der Waals surface area contributed by atoms with Crippen LogP contribution >= 0.6 is 0 Å². The first-order valence-corrected chi connectivity index (χ1v) is 4.57. The molecule has 0 amide bonds. The van der Waals surface area contributed by atoms with Crippen molar-refractivity contribution in [1.29, 1.82) is 0 Å². The first-order valence-electron chi connectivity index (χ1n) is 4.57. The van der Waals surface area contributed by atoms with Crippen molar-refractivity contribution in [3.63, 3.8) is 0 Å². The molecule has 2 N–H and O–H groups in total. The molecular weight excluding hydrogens is 178 g/mol. The molecule has 1 rings (SSSR count). The Morgan fingerprint density at radius 3 is 2.71 bits per heavy atom. The lowest BCUT2D eigenvalue weighted by Gasteiger charge is -2.08. The van der Waals surface area contributed by atoms with Crippen molar-refractivity contribution in [2.24, 2.45) is 0 Å². The lowest BCUT2D eigenvalue weighted by molar-refractivity contribution is 0.0666. The second-order valence-corrected chi connectivity index (χ2v) is 2.87. The van der Waals surface area contributed by atoms with E-state index in [0.717, 1.165) is 11.3 Å². The van der Waals surface area contributed by atoms with Gasteiger partial charge in [0.2, 0.25) is 0 Å². The molecule has 0 unspecified atom stereocenters. The molecule has 3 nitrogen and oxygen atoms in total. The fourth-order valence-electron chi connectivity index (χ4n) is 0.973. The van der Waals surface area contributed by atoms with E-state index in [9.17, 15) is 0 Å². The van der Waals surface area contributed by atoms with Gasteiger partial charge in [0, 0.05) is 6.61 Å². The Bertz CT molecular complexity index is 272. The zero-order valence-electron chi connectivity index (χ0n) is 8.07. The Labute approximate surface area is 84.0 Å². The van der Waals surface area contributed by atoms with Crippen molar-refractivity contribution in [3.8, 4) is 0 Å². The van der Waals surface area contributed by atoms with Crippen LogP contribution in [0, 0.1) is 0 Å². The lowest BCUT2D eigenvalue weighted by Crippen LogP contribution is -2.13. The molecule has 1 aromatic carbocycles. The van der Waals surface area contributed by atoms with E-state index in [1.165, 1.54) is 0 Å². The highest BCUT2D eigenvalue weighted by molar-refractivity contribution is 5.60. The molecule has 0 atom stereocenters. The molecule has 0 aliphatic carbocycles. The van der Waals surface area contributed by atoms with E-state index < -0.39 is 0 Å². The van der Waals surface area contributed by atoms with E-state index in [1.807, 2.05) is 30.3 Å². The maximum atomic E-state index is 8.52. The molecule has 76 valence electrons. The van der Waals surface area contributed by atoms with E-state index in [0.29, 0.717) is 13.0 Å². The summed E-state index contributed by atoms with van der Waals surface area (Å²) in [4.78, 5) is 5.08. The summed E-state index contributed by atoms with van der Waals surface area (Å²) in [6.07, 6.45) is 0.620. The van der Waals surface area contributed by atoms with Crippen LogP contribution < -0.4 is 5.48 Å². The van der Waals surface area contributed by atoms with Crippen LogP contribution in [-0.4, -0.2) is 18.3 Å². The van der Waals surface area contributed by atoms with Gasteiger partial charge in [-0.05, 0) is 12.0 Å². The van der Waals surface area contributed by atoms with Crippen molar-refractivity contribution in [2.75, 3.05) is 13.2 Å². The molecule has 0 aliphatic heterocycles. The van der Waals surface area contributed by atoms with Crippen LogP contribution in [0.15, 0.2) is 36.9 Å². The Balaban J connectivity index is 2.29. The smallest absolute Gasteiger partial charge is 0.0767 e. The third kappa shape index (κ3) is 3.60. The number of aliphatic hydroxyl groups excluding tert-OH is 1. The monoisotopic (exact) mass is 193 g/mol. The van der Waals surface area contributed by atoms with Gasteiger partial charge in [0.1, 0.15) is 0 Å².